The summed E-state index contributed by atoms with van der Waals surface area (Å²) in [5.41, 5.74) is 0. The zero-order chi connectivity index (χ0) is 13.0. The molecule has 0 saturated carbocycles. The van der Waals surface area contributed by atoms with E-state index in [0.717, 1.165) is 25.3 Å². The molecule has 0 bridgehead atoms. The van der Waals surface area contributed by atoms with Gasteiger partial charge in [0.15, 0.2) is 0 Å². The maximum absolute atomic E-state index is 11.0. The van der Waals surface area contributed by atoms with Gasteiger partial charge in [0.25, 0.3) is 0 Å². The van der Waals surface area contributed by atoms with Gasteiger partial charge in [0.05, 0.1) is 5.92 Å². The summed E-state index contributed by atoms with van der Waals surface area (Å²) in [6.45, 7) is 3.90. The fraction of sp³-hybridized carbons (Fsp3) is 0.500. The average Bonchev–Trinajstić information content (AvgIpc) is 2.73. The lowest BCUT2D eigenvalue weighted by Crippen LogP contribution is -2.34. The zero-order valence-corrected chi connectivity index (χ0v) is 11.4. The number of carboxylic acid groups (broad SMARTS) is 1. The smallest absolute Gasteiger partial charge is 0.308 e. The van der Waals surface area contributed by atoms with Gasteiger partial charge in [-0.3, -0.25) is 9.69 Å². The van der Waals surface area contributed by atoms with Gasteiger partial charge in [-0.25, -0.2) is 0 Å². The Morgan fingerprint density at radius 2 is 2.17 bits per heavy atom. The van der Waals surface area contributed by atoms with Crippen LogP contribution in [0.3, 0.4) is 0 Å². The third kappa shape index (κ3) is 3.27. The lowest BCUT2D eigenvalue weighted by molar-refractivity contribution is -0.142. The number of carbonyl (C=O) groups is 1. The number of likely N-dealkylation sites (tertiary alicyclic amines) is 1. The van der Waals surface area contributed by atoms with Crippen molar-refractivity contribution in [3.05, 3.63) is 30.3 Å². The molecule has 1 heterocycles. The molecule has 1 N–H and O–H groups in total. The lowest BCUT2D eigenvalue weighted by Gasteiger charge is -2.22. The van der Waals surface area contributed by atoms with Crippen LogP contribution < -0.4 is 0 Å². The lowest BCUT2D eigenvalue weighted by atomic mass is 10.0. The molecule has 1 aromatic rings. The second-order valence-corrected chi connectivity index (χ2v) is 5.84. The summed E-state index contributed by atoms with van der Waals surface area (Å²) in [5.74, 6) is 0.174. The molecule has 1 fully saturated rings. The fourth-order valence-electron chi connectivity index (χ4n) is 2.45. The first-order chi connectivity index (χ1) is 8.68. The van der Waals surface area contributed by atoms with Crippen molar-refractivity contribution in [1.29, 1.82) is 0 Å². The molecule has 0 aliphatic carbocycles. The van der Waals surface area contributed by atoms with Crippen molar-refractivity contribution in [2.45, 2.75) is 24.3 Å². The quantitative estimate of drug-likeness (QED) is 0.831. The SMILES string of the molecule is CC1C(C(=O)O)CCN1CCSc1ccccc1. The van der Waals surface area contributed by atoms with E-state index < -0.39 is 5.97 Å². The van der Waals surface area contributed by atoms with Crippen LogP contribution in [0, 0.1) is 5.92 Å². The summed E-state index contributed by atoms with van der Waals surface area (Å²) in [4.78, 5) is 14.6. The van der Waals surface area contributed by atoms with Crippen LogP contribution in [0.15, 0.2) is 35.2 Å². The summed E-state index contributed by atoms with van der Waals surface area (Å²) < 4.78 is 0. The molecule has 2 rings (SSSR count). The van der Waals surface area contributed by atoms with E-state index in [4.69, 9.17) is 5.11 Å². The Morgan fingerprint density at radius 3 is 2.78 bits per heavy atom. The summed E-state index contributed by atoms with van der Waals surface area (Å²) >= 11 is 1.83. The summed E-state index contributed by atoms with van der Waals surface area (Å²) in [6.07, 6.45) is 0.784. The predicted molar refractivity (Wildman–Crippen MR) is 73.9 cm³/mol. The maximum atomic E-state index is 11.0. The normalized spacial score (nSPS) is 24.3. The molecule has 1 saturated heterocycles. The summed E-state index contributed by atoms with van der Waals surface area (Å²) in [5, 5.41) is 9.07. The van der Waals surface area contributed by atoms with Gasteiger partial charge in [-0.15, -0.1) is 11.8 Å². The third-order valence-corrected chi connectivity index (χ3v) is 4.59. The van der Waals surface area contributed by atoms with Crippen LogP contribution in [0.2, 0.25) is 0 Å². The van der Waals surface area contributed by atoms with Crippen molar-refractivity contribution in [3.63, 3.8) is 0 Å². The van der Waals surface area contributed by atoms with E-state index in [0.29, 0.717) is 0 Å². The van der Waals surface area contributed by atoms with Crippen molar-refractivity contribution >= 4 is 17.7 Å². The highest BCUT2D eigenvalue weighted by Gasteiger charge is 2.34. The first-order valence-electron chi connectivity index (χ1n) is 6.33. The Balaban J connectivity index is 1.76. The monoisotopic (exact) mass is 265 g/mol. The molecule has 0 spiro atoms. The number of nitrogens with zero attached hydrogens (tertiary/aromatic N) is 1. The van der Waals surface area contributed by atoms with Crippen LogP contribution in [0.4, 0.5) is 0 Å². The van der Waals surface area contributed by atoms with Gasteiger partial charge in [0.2, 0.25) is 0 Å². The van der Waals surface area contributed by atoms with E-state index in [1.807, 2.05) is 36.9 Å². The molecule has 1 aliphatic rings. The number of thioether (sulfide) groups is 1. The minimum Gasteiger partial charge on any atom is -0.481 e. The van der Waals surface area contributed by atoms with Crippen LogP contribution >= 0.6 is 11.8 Å². The van der Waals surface area contributed by atoms with Gasteiger partial charge in [0.1, 0.15) is 0 Å². The third-order valence-electron chi connectivity index (χ3n) is 3.59. The topological polar surface area (TPSA) is 40.5 Å². The van der Waals surface area contributed by atoms with E-state index in [9.17, 15) is 4.79 Å². The van der Waals surface area contributed by atoms with Crippen LogP contribution in [-0.4, -0.2) is 40.9 Å². The highest BCUT2D eigenvalue weighted by Crippen LogP contribution is 2.25. The molecular weight excluding hydrogens is 246 g/mol. The van der Waals surface area contributed by atoms with Crippen LogP contribution in [0.25, 0.3) is 0 Å². The minimum absolute atomic E-state index is 0.166. The largest absolute Gasteiger partial charge is 0.481 e. The number of rotatable bonds is 5. The van der Waals surface area contributed by atoms with Crippen LogP contribution in [0.5, 0.6) is 0 Å². The Labute approximate surface area is 112 Å². The molecule has 0 amide bonds. The number of aliphatic carboxylic acids is 1. The number of hydrogen-bond acceptors (Lipinski definition) is 3. The van der Waals surface area contributed by atoms with Crippen molar-refractivity contribution in [1.82, 2.24) is 4.90 Å². The van der Waals surface area contributed by atoms with Crippen LogP contribution in [0.1, 0.15) is 13.3 Å². The van der Waals surface area contributed by atoms with E-state index in [1.54, 1.807) is 0 Å². The van der Waals surface area contributed by atoms with Crippen molar-refractivity contribution in [2.75, 3.05) is 18.8 Å². The van der Waals surface area contributed by atoms with Gasteiger partial charge in [-0.05, 0) is 32.0 Å². The number of hydrogen-bond donors (Lipinski definition) is 1. The Kier molecular flexibility index (Phi) is 4.66. The fourth-order valence-corrected chi connectivity index (χ4v) is 3.36. The summed E-state index contributed by atoms with van der Waals surface area (Å²) in [6, 6.07) is 10.5. The first kappa shape index (κ1) is 13.4. The minimum atomic E-state index is -0.652. The molecule has 18 heavy (non-hydrogen) atoms. The van der Waals surface area contributed by atoms with Gasteiger partial charge in [0, 0.05) is 23.2 Å². The molecule has 2 unspecified atom stereocenters. The molecule has 3 nitrogen and oxygen atoms in total. The molecule has 2 atom stereocenters. The number of carboxylic acids is 1. The molecule has 1 aromatic carbocycles. The highest BCUT2D eigenvalue weighted by atomic mass is 32.2. The standard InChI is InChI=1S/C14H19NO2S/c1-11-13(14(16)17)7-8-15(11)9-10-18-12-5-3-2-4-6-12/h2-6,11,13H,7-10H2,1H3,(H,16,17). The van der Waals surface area contributed by atoms with Gasteiger partial charge >= 0.3 is 5.97 Å². The first-order valence-corrected chi connectivity index (χ1v) is 7.32. The maximum Gasteiger partial charge on any atom is 0.308 e. The molecule has 0 aromatic heterocycles. The van der Waals surface area contributed by atoms with Crippen molar-refractivity contribution < 1.29 is 9.90 Å². The van der Waals surface area contributed by atoms with Gasteiger partial charge in [-0.1, -0.05) is 18.2 Å². The molecule has 98 valence electrons. The number of benzene rings is 1. The molecule has 4 heteroatoms. The van der Waals surface area contributed by atoms with Crippen molar-refractivity contribution in [2.24, 2.45) is 5.92 Å². The predicted octanol–water partition coefficient (Wildman–Crippen LogP) is 2.57. The second kappa shape index (κ2) is 6.25. The Hall–Kier alpha value is -1.00. The second-order valence-electron chi connectivity index (χ2n) is 4.67. The Morgan fingerprint density at radius 1 is 1.44 bits per heavy atom. The zero-order valence-electron chi connectivity index (χ0n) is 10.6. The van der Waals surface area contributed by atoms with Gasteiger partial charge in [-0.2, -0.15) is 0 Å². The van der Waals surface area contributed by atoms with E-state index in [-0.39, 0.29) is 12.0 Å². The Bertz CT molecular complexity index is 396. The average molecular weight is 265 g/mol. The van der Waals surface area contributed by atoms with E-state index in [2.05, 4.69) is 17.0 Å². The molecule has 1 aliphatic heterocycles. The highest BCUT2D eigenvalue weighted by molar-refractivity contribution is 7.99. The van der Waals surface area contributed by atoms with Gasteiger partial charge < -0.3 is 5.11 Å². The molecule has 0 radical (unpaired) electrons. The van der Waals surface area contributed by atoms with E-state index in [1.165, 1.54) is 4.90 Å². The van der Waals surface area contributed by atoms with Crippen LogP contribution in [-0.2, 0) is 4.79 Å². The molecular formula is C14H19NO2S. The van der Waals surface area contributed by atoms with Crippen molar-refractivity contribution in [3.8, 4) is 0 Å². The van der Waals surface area contributed by atoms with E-state index >= 15 is 0 Å². The summed E-state index contributed by atoms with van der Waals surface area (Å²) in [7, 11) is 0.